The van der Waals surface area contributed by atoms with Crippen LogP contribution in [0.2, 0.25) is 5.02 Å². The van der Waals surface area contributed by atoms with Gasteiger partial charge in [0.1, 0.15) is 5.76 Å². The van der Waals surface area contributed by atoms with Crippen molar-refractivity contribution in [3.05, 3.63) is 75.5 Å². The minimum absolute atomic E-state index is 0.0188. The summed E-state index contributed by atoms with van der Waals surface area (Å²) < 4.78 is 5.58. The van der Waals surface area contributed by atoms with Crippen LogP contribution >= 0.6 is 23.8 Å². The fourth-order valence-electron chi connectivity index (χ4n) is 3.82. The summed E-state index contributed by atoms with van der Waals surface area (Å²) >= 11 is 11.8. The van der Waals surface area contributed by atoms with Crippen molar-refractivity contribution in [2.24, 2.45) is 0 Å². The van der Waals surface area contributed by atoms with Crippen molar-refractivity contribution in [3.63, 3.8) is 0 Å². The molecule has 1 fully saturated rings. The third kappa shape index (κ3) is 5.15. The van der Waals surface area contributed by atoms with E-state index in [0.717, 1.165) is 31.6 Å². The number of benzene rings is 2. The van der Waals surface area contributed by atoms with E-state index in [0.29, 0.717) is 10.7 Å². The van der Waals surface area contributed by atoms with Gasteiger partial charge in [0.25, 0.3) is 11.6 Å². The lowest BCUT2D eigenvalue weighted by Crippen LogP contribution is -2.35. The van der Waals surface area contributed by atoms with Gasteiger partial charge < -0.3 is 14.6 Å². The molecule has 170 valence electrons. The first-order valence-corrected chi connectivity index (χ1v) is 11.2. The smallest absolute Gasteiger partial charge is 0.293 e. The SMILES string of the molecule is O=C(NC(=S)Nc1cccc(Cl)c1N1CCCCC1)c1ccc(-c2ccccc2[N+](=O)[O-])o1. The fourth-order valence-corrected chi connectivity index (χ4v) is 4.32. The van der Waals surface area contributed by atoms with E-state index in [4.69, 9.17) is 28.2 Å². The molecule has 8 nitrogen and oxygen atoms in total. The van der Waals surface area contributed by atoms with Crippen molar-refractivity contribution in [3.8, 4) is 11.3 Å². The Bertz CT molecular complexity index is 1210. The van der Waals surface area contributed by atoms with E-state index in [1.807, 2.05) is 18.2 Å². The molecule has 1 aliphatic rings. The highest BCUT2D eigenvalue weighted by Crippen LogP contribution is 2.35. The maximum atomic E-state index is 12.7. The van der Waals surface area contributed by atoms with Gasteiger partial charge in [-0.2, -0.15) is 0 Å². The molecule has 0 saturated carbocycles. The van der Waals surface area contributed by atoms with Gasteiger partial charge in [-0.3, -0.25) is 20.2 Å². The van der Waals surface area contributed by atoms with Gasteiger partial charge in [-0.15, -0.1) is 0 Å². The van der Waals surface area contributed by atoms with Crippen LogP contribution in [0.3, 0.4) is 0 Å². The van der Waals surface area contributed by atoms with Crippen molar-refractivity contribution in [2.45, 2.75) is 19.3 Å². The maximum Gasteiger partial charge on any atom is 0.293 e. The highest BCUT2D eigenvalue weighted by atomic mass is 35.5. The number of nitrogens with zero attached hydrogens (tertiary/aromatic N) is 2. The third-order valence-corrected chi connectivity index (χ3v) is 5.84. The summed E-state index contributed by atoms with van der Waals surface area (Å²) in [6, 6.07) is 14.6. The Kier molecular flexibility index (Phi) is 6.90. The topological polar surface area (TPSA) is 101 Å². The number of anilines is 2. The van der Waals surface area contributed by atoms with Crippen LogP contribution in [0.15, 0.2) is 59.0 Å². The van der Waals surface area contributed by atoms with Crippen LogP contribution in [0.1, 0.15) is 29.8 Å². The van der Waals surface area contributed by atoms with E-state index in [1.165, 1.54) is 24.6 Å². The molecule has 3 aromatic rings. The first kappa shape index (κ1) is 22.8. The molecule has 1 aromatic heterocycles. The molecule has 2 heterocycles. The molecule has 1 saturated heterocycles. The average Bonchev–Trinajstić information content (AvgIpc) is 3.30. The van der Waals surface area contributed by atoms with Crippen molar-refractivity contribution in [1.29, 1.82) is 0 Å². The zero-order chi connectivity index (χ0) is 23.4. The molecule has 0 atom stereocenters. The lowest BCUT2D eigenvalue weighted by atomic mass is 10.1. The van der Waals surface area contributed by atoms with Crippen LogP contribution in [0.25, 0.3) is 11.3 Å². The standard InChI is InChI=1S/C23H21ClN4O4S/c24-16-8-6-9-17(21(16)27-13-4-1-5-14-27)25-23(33)26-22(29)20-12-11-19(32-20)15-7-2-3-10-18(15)28(30)31/h2-3,6-12H,1,4-5,13-14H2,(H2,25,26,29,33). The Morgan fingerprint density at radius 1 is 1.06 bits per heavy atom. The van der Waals surface area contributed by atoms with Crippen molar-refractivity contribution >= 4 is 51.9 Å². The lowest BCUT2D eigenvalue weighted by molar-refractivity contribution is -0.384. The van der Waals surface area contributed by atoms with Gasteiger partial charge in [-0.05, 0) is 61.8 Å². The summed E-state index contributed by atoms with van der Waals surface area (Å²) in [5, 5.41) is 17.6. The number of carbonyl (C=O) groups is 1. The Morgan fingerprint density at radius 2 is 1.82 bits per heavy atom. The summed E-state index contributed by atoms with van der Waals surface area (Å²) in [7, 11) is 0. The summed E-state index contributed by atoms with van der Waals surface area (Å²) in [6.07, 6.45) is 3.37. The number of hydrogen-bond acceptors (Lipinski definition) is 6. The van der Waals surface area contributed by atoms with Gasteiger partial charge in [-0.1, -0.05) is 29.8 Å². The number of nitro benzene ring substituents is 1. The summed E-state index contributed by atoms with van der Waals surface area (Å²) in [4.78, 5) is 25.6. The monoisotopic (exact) mass is 484 g/mol. The molecule has 0 aliphatic carbocycles. The maximum absolute atomic E-state index is 12.7. The Morgan fingerprint density at radius 3 is 2.58 bits per heavy atom. The number of para-hydroxylation sites is 2. The van der Waals surface area contributed by atoms with Crippen molar-refractivity contribution in [2.75, 3.05) is 23.3 Å². The van der Waals surface area contributed by atoms with E-state index < -0.39 is 10.8 Å². The highest BCUT2D eigenvalue weighted by Gasteiger charge is 2.21. The normalized spacial score (nSPS) is 13.4. The molecule has 4 rings (SSSR count). The number of rotatable bonds is 5. The third-order valence-electron chi connectivity index (χ3n) is 5.33. The Labute approximate surface area is 200 Å². The molecule has 1 aliphatic heterocycles. The van der Waals surface area contributed by atoms with Crippen molar-refractivity contribution < 1.29 is 14.1 Å². The number of hydrogen-bond donors (Lipinski definition) is 2. The van der Waals surface area contributed by atoms with Crippen molar-refractivity contribution in [1.82, 2.24) is 5.32 Å². The number of amides is 1. The van der Waals surface area contributed by atoms with Gasteiger partial charge >= 0.3 is 0 Å². The second-order valence-corrected chi connectivity index (χ2v) is 8.35. The number of furan rings is 1. The molecular formula is C23H21ClN4O4S. The second-order valence-electron chi connectivity index (χ2n) is 7.53. The zero-order valence-corrected chi connectivity index (χ0v) is 19.1. The van der Waals surface area contributed by atoms with E-state index in [-0.39, 0.29) is 27.9 Å². The van der Waals surface area contributed by atoms with E-state index in [9.17, 15) is 14.9 Å². The number of thiocarbonyl (C=S) groups is 1. The van der Waals surface area contributed by atoms with Crippen LogP contribution in [-0.2, 0) is 0 Å². The number of piperidine rings is 1. The molecule has 33 heavy (non-hydrogen) atoms. The predicted octanol–water partition coefficient (Wildman–Crippen LogP) is 5.63. The van der Waals surface area contributed by atoms with E-state index in [1.54, 1.807) is 18.2 Å². The summed E-state index contributed by atoms with van der Waals surface area (Å²) in [5.41, 5.74) is 1.73. The number of nitro groups is 1. The average molecular weight is 485 g/mol. The number of carbonyl (C=O) groups excluding carboxylic acids is 1. The number of halogens is 1. The van der Waals surface area contributed by atoms with Crippen LogP contribution in [0.5, 0.6) is 0 Å². The summed E-state index contributed by atoms with van der Waals surface area (Å²) in [5.74, 6) is -0.373. The molecule has 10 heteroatoms. The largest absolute Gasteiger partial charge is 0.451 e. The molecule has 0 radical (unpaired) electrons. The zero-order valence-electron chi connectivity index (χ0n) is 17.5. The molecule has 1 amide bonds. The van der Waals surface area contributed by atoms with Crippen LogP contribution in [0.4, 0.5) is 17.1 Å². The first-order valence-electron chi connectivity index (χ1n) is 10.4. The lowest BCUT2D eigenvalue weighted by Gasteiger charge is -2.31. The molecule has 2 aromatic carbocycles. The fraction of sp³-hybridized carbons (Fsp3) is 0.217. The highest BCUT2D eigenvalue weighted by molar-refractivity contribution is 7.80. The van der Waals surface area contributed by atoms with Gasteiger partial charge in [0, 0.05) is 19.2 Å². The summed E-state index contributed by atoms with van der Waals surface area (Å²) in [6.45, 7) is 1.80. The van der Waals surface area contributed by atoms with E-state index in [2.05, 4.69) is 15.5 Å². The predicted molar refractivity (Wildman–Crippen MR) is 132 cm³/mol. The quantitative estimate of drug-likeness (QED) is 0.275. The van der Waals surface area contributed by atoms with Gasteiger partial charge in [0.2, 0.25) is 0 Å². The van der Waals surface area contributed by atoms with Gasteiger partial charge in [-0.25, -0.2) is 0 Å². The van der Waals surface area contributed by atoms with Crippen LogP contribution in [0, 0.1) is 10.1 Å². The minimum atomic E-state index is -0.570. The van der Waals surface area contributed by atoms with Gasteiger partial charge in [0.05, 0.1) is 26.9 Å². The van der Waals surface area contributed by atoms with Crippen LogP contribution < -0.4 is 15.5 Å². The van der Waals surface area contributed by atoms with Crippen LogP contribution in [-0.4, -0.2) is 29.0 Å². The minimum Gasteiger partial charge on any atom is -0.451 e. The number of nitrogens with one attached hydrogen (secondary N) is 2. The van der Waals surface area contributed by atoms with Gasteiger partial charge in [0.15, 0.2) is 10.9 Å². The first-order chi connectivity index (χ1) is 15.9. The molecule has 0 unspecified atom stereocenters. The molecule has 0 spiro atoms. The second kappa shape index (κ2) is 10.0. The molecular weight excluding hydrogens is 464 g/mol. The Hall–Kier alpha value is -3.43. The van der Waals surface area contributed by atoms with E-state index >= 15 is 0 Å². The Balaban J connectivity index is 1.47. The molecule has 0 bridgehead atoms. The molecule has 2 N–H and O–H groups in total.